The summed E-state index contributed by atoms with van der Waals surface area (Å²) >= 11 is 0. The standard InChI is InChI=1S/C20H37N7O.HI/c1-16-24-25-19(26(16)2)15-22-20(21-11-14-28-3)23-17-9-12-27(13-10-17)18-7-5-4-6-8-18;/h17-18H,4-15H2,1-3H3,(H2,21,22,23);1H. The molecule has 3 rings (SSSR count). The van der Waals surface area contributed by atoms with Gasteiger partial charge in [0.05, 0.1) is 6.61 Å². The molecule has 0 amide bonds. The number of hydrogen-bond acceptors (Lipinski definition) is 5. The minimum Gasteiger partial charge on any atom is -0.383 e. The lowest BCUT2D eigenvalue weighted by atomic mass is 9.92. The zero-order valence-electron chi connectivity index (χ0n) is 18.2. The van der Waals surface area contributed by atoms with Crippen molar-refractivity contribution in [1.29, 1.82) is 0 Å². The van der Waals surface area contributed by atoms with Gasteiger partial charge in [0.25, 0.3) is 0 Å². The van der Waals surface area contributed by atoms with Crippen molar-refractivity contribution in [2.24, 2.45) is 12.0 Å². The molecule has 1 saturated heterocycles. The maximum atomic E-state index is 5.17. The first-order valence-electron chi connectivity index (χ1n) is 10.8. The van der Waals surface area contributed by atoms with Crippen LogP contribution in [-0.2, 0) is 18.3 Å². The quantitative estimate of drug-likeness (QED) is 0.249. The Kier molecular flexibility index (Phi) is 10.6. The van der Waals surface area contributed by atoms with Gasteiger partial charge in [-0.05, 0) is 32.6 Å². The zero-order chi connectivity index (χ0) is 19.8. The maximum absolute atomic E-state index is 5.17. The molecule has 9 heteroatoms. The molecule has 0 unspecified atom stereocenters. The molecule has 29 heavy (non-hydrogen) atoms. The second kappa shape index (κ2) is 12.7. The van der Waals surface area contributed by atoms with Crippen LogP contribution in [0.5, 0.6) is 0 Å². The molecular formula is C20H38IN7O. The van der Waals surface area contributed by atoms with Gasteiger partial charge >= 0.3 is 0 Å². The molecule has 0 spiro atoms. The van der Waals surface area contributed by atoms with Crippen LogP contribution in [0.3, 0.4) is 0 Å². The fourth-order valence-electron chi connectivity index (χ4n) is 4.21. The summed E-state index contributed by atoms with van der Waals surface area (Å²) in [5.41, 5.74) is 0. The van der Waals surface area contributed by atoms with Crippen LogP contribution in [0.1, 0.15) is 56.6 Å². The van der Waals surface area contributed by atoms with E-state index in [0.29, 0.717) is 19.2 Å². The van der Waals surface area contributed by atoms with Gasteiger partial charge in [0.1, 0.15) is 12.4 Å². The maximum Gasteiger partial charge on any atom is 0.192 e. The molecule has 2 heterocycles. The molecule has 8 nitrogen and oxygen atoms in total. The summed E-state index contributed by atoms with van der Waals surface area (Å²) in [5, 5.41) is 15.3. The molecule has 166 valence electrons. The molecule has 0 radical (unpaired) electrons. The Morgan fingerprint density at radius 3 is 2.48 bits per heavy atom. The predicted molar refractivity (Wildman–Crippen MR) is 127 cm³/mol. The first-order chi connectivity index (χ1) is 13.7. The molecule has 2 N–H and O–H groups in total. The highest BCUT2D eigenvalue weighted by Crippen LogP contribution is 2.25. The number of methoxy groups -OCH3 is 1. The number of hydrogen-bond donors (Lipinski definition) is 2. The molecule has 2 fully saturated rings. The third-order valence-corrected chi connectivity index (χ3v) is 6.12. The molecule has 0 atom stereocenters. The van der Waals surface area contributed by atoms with Crippen molar-refractivity contribution in [1.82, 2.24) is 30.3 Å². The fourth-order valence-corrected chi connectivity index (χ4v) is 4.21. The average Bonchev–Trinajstić information content (AvgIpc) is 3.05. The normalized spacial score (nSPS) is 19.8. The molecule has 1 aromatic rings. The fraction of sp³-hybridized carbons (Fsp3) is 0.850. The number of halogens is 1. The highest BCUT2D eigenvalue weighted by molar-refractivity contribution is 14.0. The van der Waals surface area contributed by atoms with E-state index < -0.39 is 0 Å². The number of rotatable bonds is 7. The largest absolute Gasteiger partial charge is 0.383 e. The third-order valence-electron chi connectivity index (χ3n) is 6.12. The van der Waals surface area contributed by atoms with E-state index in [2.05, 4.69) is 25.7 Å². The van der Waals surface area contributed by atoms with Crippen molar-refractivity contribution >= 4 is 29.9 Å². The van der Waals surface area contributed by atoms with Crippen LogP contribution >= 0.6 is 24.0 Å². The van der Waals surface area contributed by atoms with Crippen LogP contribution in [0.15, 0.2) is 4.99 Å². The van der Waals surface area contributed by atoms with Crippen molar-refractivity contribution in [3.8, 4) is 0 Å². The molecule has 2 aliphatic rings. The number of aryl methyl sites for hydroxylation is 1. The van der Waals surface area contributed by atoms with Crippen molar-refractivity contribution < 1.29 is 4.74 Å². The lowest BCUT2D eigenvalue weighted by molar-refractivity contribution is 0.119. The third kappa shape index (κ3) is 7.36. The van der Waals surface area contributed by atoms with E-state index in [0.717, 1.165) is 30.2 Å². The molecule has 0 bridgehead atoms. The van der Waals surface area contributed by atoms with E-state index in [-0.39, 0.29) is 24.0 Å². The van der Waals surface area contributed by atoms with Crippen molar-refractivity contribution in [3.05, 3.63) is 11.6 Å². The smallest absolute Gasteiger partial charge is 0.192 e. The lowest BCUT2D eigenvalue weighted by Crippen LogP contribution is -2.51. The Bertz CT molecular complexity index is 622. The van der Waals surface area contributed by atoms with Crippen LogP contribution in [-0.4, -0.2) is 71.1 Å². The number of aromatic nitrogens is 3. The van der Waals surface area contributed by atoms with Crippen molar-refractivity contribution in [2.75, 3.05) is 33.4 Å². The molecule has 1 aliphatic carbocycles. The van der Waals surface area contributed by atoms with E-state index in [1.54, 1.807) is 7.11 Å². The molecule has 1 aliphatic heterocycles. The van der Waals surface area contributed by atoms with Crippen LogP contribution < -0.4 is 10.6 Å². The first-order valence-corrected chi connectivity index (χ1v) is 10.8. The molecular weight excluding hydrogens is 481 g/mol. The Hall–Kier alpha value is -0.940. The van der Waals surface area contributed by atoms with Gasteiger partial charge in [-0.25, -0.2) is 4.99 Å². The number of aliphatic imine (C=N–C) groups is 1. The Morgan fingerprint density at radius 1 is 1.14 bits per heavy atom. The topological polar surface area (TPSA) is 79.6 Å². The van der Waals surface area contributed by atoms with Gasteiger partial charge in [-0.3, -0.25) is 0 Å². The van der Waals surface area contributed by atoms with E-state index >= 15 is 0 Å². The van der Waals surface area contributed by atoms with Gasteiger partial charge in [0, 0.05) is 45.9 Å². The van der Waals surface area contributed by atoms with Gasteiger partial charge in [-0.2, -0.15) is 0 Å². The van der Waals surface area contributed by atoms with E-state index in [1.165, 1.54) is 58.0 Å². The second-order valence-corrected chi connectivity index (χ2v) is 8.05. The van der Waals surface area contributed by atoms with Gasteiger partial charge < -0.3 is 24.8 Å². The molecule has 0 aromatic carbocycles. The van der Waals surface area contributed by atoms with Crippen molar-refractivity contribution in [2.45, 2.75) is 70.5 Å². The summed E-state index contributed by atoms with van der Waals surface area (Å²) in [5.74, 6) is 2.62. The summed E-state index contributed by atoms with van der Waals surface area (Å²) in [4.78, 5) is 7.46. The number of nitrogens with one attached hydrogen (secondary N) is 2. The van der Waals surface area contributed by atoms with Gasteiger partial charge in [-0.15, -0.1) is 34.2 Å². The summed E-state index contributed by atoms with van der Waals surface area (Å²) in [7, 11) is 3.70. The van der Waals surface area contributed by atoms with E-state index in [9.17, 15) is 0 Å². The summed E-state index contributed by atoms with van der Waals surface area (Å²) < 4.78 is 7.16. The SMILES string of the molecule is COCCNC(=NCc1nnc(C)n1C)NC1CCN(C2CCCCC2)CC1.I. The van der Waals surface area contributed by atoms with Gasteiger partial charge in [0.15, 0.2) is 11.8 Å². The summed E-state index contributed by atoms with van der Waals surface area (Å²) in [6.07, 6.45) is 9.36. The summed E-state index contributed by atoms with van der Waals surface area (Å²) in [6.45, 7) is 6.24. The zero-order valence-corrected chi connectivity index (χ0v) is 20.5. The van der Waals surface area contributed by atoms with Gasteiger partial charge in [-0.1, -0.05) is 19.3 Å². The summed E-state index contributed by atoms with van der Waals surface area (Å²) in [6, 6.07) is 1.29. The molecule has 1 aromatic heterocycles. The van der Waals surface area contributed by atoms with Gasteiger partial charge in [0.2, 0.25) is 0 Å². The number of ether oxygens (including phenoxy) is 1. The molecule has 1 saturated carbocycles. The second-order valence-electron chi connectivity index (χ2n) is 8.05. The minimum atomic E-state index is 0. The van der Waals surface area contributed by atoms with Crippen LogP contribution in [0, 0.1) is 6.92 Å². The van der Waals surface area contributed by atoms with Crippen LogP contribution in [0.4, 0.5) is 0 Å². The van der Waals surface area contributed by atoms with E-state index in [4.69, 9.17) is 9.73 Å². The Morgan fingerprint density at radius 2 is 1.86 bits per heavy atom. The average molecular weight is 519 g/mol. The number of nitrogens with zero attached hydrogens (tertiary/aromatic N) is 5. The highest BCUT2D eigenvalue weighted by Gasteiger charge is 2.26. The Balaban J connectivity index is 0.00000300. The highest BCUT2D eigenvalue weighted by atomic mass is 127. The van der Waals surface area contributed by atoms with Crippen molar-refractivity contribution in [3.63, 3.8) is 0 Å². The van der Waals surface area contributed by atoms with E-state index in [1.807, 2.05) is 18.5 Å². The predicted octanol–water partition coefficient (Wildman–Crippen LogP) is 2.22. The number of piperidine rings is 1. The first kappa shape index (κ1) is 24.3. The van der Waals surface area contributed by atoms with Crippen LogP contribution in [0.2, 0.25) is 0 Å². The number of guanidine groups is 1. The lowest BCUT2D eigenvalue weighted by Gasteiger charge is -2.39. The Labute approximate surface area is 192 Å². The van der Waals surface area contributed by atoms with Crippen LogP contribution in [0.25, 0.3) is 0 Å². The minimum absolute atomic E-state index is 0. The monoisotopic (exact) mass is 519 g/mol. The number of likely N-dealkylation sites (tertiary alicyclic amines) is 1.